The van der Waals surface area contributed by atoms with E-state index in [0.717, 1.165) is 22.2 Å². The van der Waals surface area contributed by atoms with Gasteiger partial charge in [0.15, 0.2) is 5.82 Å². The summed E-state index contributed by atoms with van der Waals surface area (Å²) in [6, 6.07) is 0.109. The van der Waals surface area contributed by atoms with Crippen LogP contribution in [0.1, 0.15) is 41.3 Å². The summed E-state index contributed by atoms with van der Waals surface area (Å²) < 4.78 is 10.6. The van der Waals surface area contributed by atoms with Crippen LogP contribution in [0.2, 0.25) is 0 Å². The predicted molar refractivity (Wildman–Crippen MR) is 102 cm³/mol. The van der Waals surface area contributed by atoms with Gasteiger partial charge in [0.2, 0.25) is 5.88 Å². The number of hydrogen-bond acceptors (Lipinski definition) is 7. The lowest BCUT2D eigenvalue weighted by Gasteiger charge is -2.42. The highest BCUT2D eigenvalue weighted by atomic mass is 32.1. The number of hydrogen-bond donors (Lipinski definition) is 1. The average Bonchev–Trinajstić information content (AvgIpc) is 2.93. The normalized spacial score (nSPS) is 19.8. The summed E-state index contributed by atoms with van der Waals surface area (Å²) in [6.45, 7) is 7.77. The topological polar surface area (TPSA) is 90.6 Å². The van der Waals surface area contributed by atoms with Gasteiger partial charge in [0, 0.05) is 26.2 Å². The van der Waals surface area contributed by atoms with Crippen LogP contribution in [0.25, 0.3) is 10.2 Å². The van der Waals surface area contributed by atoms with Gasteiger partial charge in [-0.05, 0) is 24.3 Å². The first-order chi connectivity index (χ1) is 12.3. The molecule has 1 amide bonds. The molecular formula is C18H26N4O3S. The highest BCUT2D eigenvalue weighted by molar-refractivity contribution is 7.20. The monoisotopic (exact) mass is 378 g/mol. The smallest absolute Gasteiger partial charge is 0.264 e. The molecule has 0 radical (unpaired) electrons. The van der Waals surface area contributed by atoms with E-state index in [1.807, 2.05) is 11.8 Å². The number of aromatic nitrogens is 2. The van der Waals surface area contributed by atoms with Crippen molar-refractivity contribution in [2.45, 2.75) is 39.8 Å². The van der Waals surface area contributed by atoms with Crippen LogP contribution in [0.4, 0.5) is 0 Å². The number of carbonyl (C=O) groups is 1. The fraction of sp³-hybridized carbons (Fsp3) is 0.611. The maximum Gasteiger partial charge on any atom is 0.264 e. The van der Waals surface area contributed by atoms with E-state index in [0.29, 0.717) is 36.3 Å². The number of rotatable bonds is 4. The summed E-state index contributed by atoms with van der Waals surface area (Å²) >= 11 is 1.39. The van der Waals surface area contributed by atoms with E-state index in [4.69, 9.17) is 15.2 Å². The Morgan fingerprint density at radius 2 is 2.12 bits per heavy atom. The molecule has 3 heterocycles. The zero-order valence-electron chi connectivity index (χ0n) is 16.0. The van der Waals surface area contributed by atoms with Crippen LogP contribution in [-0.2, 0) is 11.3 Å². The Morgan fingerprint density at radius 3 is 2.73 bits per heavy atom. The van der Waals surface area contributed by atoms with E-state index in [1.165, 1.54) is 11.3 Å². The van der Waals surface area contributed by atoms with Crippen LogP contribution in [0, 0.1) is 12.3 Å². The molecule has 142 valence electrons. The van der Waals surface area contributed by atoms with Crippen molar-refractivity contribution in [1.29, 1.82) is 0 Å². The molecule has 3 rings (SSSR count). The molecule has 1 aliphatic rings. The molecule has 1 saturated heterocycles. The van der Waals surface area contributed by atoms with Gasteiger partial charge in [0.05, 0.1) is 17.4 Å². The first-order valence-electron chi connectivity index (χ1n) is 8.66. The van der Waals surface area contributed by atoms with Crippen molar-refractivity contribution >= 4 is 27.5 Å². The van der Waals surface area contributed by atoms with Gasteiger partial charge in [-0.15, -0.1) is 11.3 Å². The van der Waals surface area contributed by atoms with E-state index in [9.17, 15) is 4.79 Å². The molecule has 2 aromatic rings. The molecule has 0 aromatic carbocycles. The zero-order chi connectivity index (χ0) is 19.1. The number of ether oxygens (including phenoxy) is 2. The number of nitrogens with zero attached hydrogens (tertiary/aromatic N) is 3. The standard InChI is InChI=1S/C18H26N4O3S/c1-10-13-15(25-5)20-12(8-24-4)21-16(13)26-14(10)17(23)22-7-6-11(19)18(2,3)9-22/h11H,6-9,19H2,1-5H3. The van der Waals surface area contributed by atoms with Gasteiger partial charge >= 0.3 is 0 Å². The molecule has 2 aromatic heterocycles. The lowest BCUT2D eigenvalue weighted by atomic mass is 9.79. The van der Waals surface area contributed by atoms with Crippen LogP contribution in [0.15, 0.2) is 0 Å². The van der Waals surface area contributed by atoms with E-state index in [2.05, 4.69) is 23.8 Å². The molecule has 26 heavy (non-hydrogen) atoms. The number of nitrogens with two attached hydrogens (primary N) is 1. The van der Waals surface area contributed by atoms with Crippen molar-refractivity contribution in [1.82, 2.24) is 14.9 Å². The van der Waals surface area contributed by atoms with Crippen LogP contribution < -0.4 is 10.5 Å². The minimum Gasteiger partial charge on any atom is -0.480 e. The third kappa shape index (κ3) is 3.28. The van der Waals surface area contributed by atoms with Crippen molar-refractivity contribution in [3.8, 4) is 5.88 Å². The molecule has 1 atom stereocenters. The highest BCUT2D eigenvalue weighted by Crippen LogP contribution is 2.37. The van der Waals surface area contributed by atoms with Gasteiger partial charge in [0.25, 0.3) is 5.91 Å². The van der Waals surface area contributed by atoms with Crippen molar-refractivity contribution in [3.05, 3.63) is 16.3 Å². The van der Waals surface area contributed by atoms with Gasteiger partial charge in [-0.3, -0.25) is 4.79 Å². The minimum absolute atomic E-state index is 0.0285. The lowest BCUT2D eigenvalue weighted by molar-refractivity contribution is 0.0537. The number of fused-ring (bicyclic) bond motifs is 1. The van der Waals surface area contributed by atoms with Crippen molar-refractivity contribution in [2.24, 2.45) is 11.1 Å². The summed E-state index contributed by atoms with van der Waals surface area (Å²) in [7, 11) is 3.17. The summed E-state index contributed by atoms with van der Waals surface area (Å²) in [5.41, 5.74) is 6.97. The lowest BCUT2D eigenvalue weighted by Crippen LogP contribution is -2.53. The van der Waals surface area contributed by atoms with Crippen LogP contribution in [0.5, 0.6) is 5.88 Å². The number of piperidine rings is 1. The first-order valence-corrected chi connectivity index (χ1v) is 9.48. The molecule has 2 N–H and O–H groups in total. The minimum atomic E-state index is -0.0956. The Balaban J connectivity index is 2.00. The van der Waals surface area contributed by atoms with E-state index in [-0.39, 0.29) is 17.4 Å². The van der Waals surface area contributed by atoms with Crippen molar-refractivity contribution in [3.63, 3.8) is 0 Å². The maximum absolute atomic E-state index is 13.2. The fourth-order valence-corrected chi connectivity index (χ4v) is 4.54. The molecule has 0 aliphatic carbocycles. The summed E-state index contributed by atoms with van der Waals surface area (Å²) in [5, 5.41) is 0.800. The number of likely N-dealkylation sites (tertiary alicyclic amines) is 1. The maximum atomic E-state index is 13.2. The predicted octanol–water partition coefficient (Wildman–Crippen LogP) is 2.35. The molecule has 0 saturated carbocycles. The summed E-state index contributed by atoms with van der Waals surface area (Å²) in [5.74, 6) is 1.05. The molecule has 1 aliphatic heterocycles. The second kappa shape index (κ2) is 7.09. The molecule has 8 heteroatoms. The Morgan fingerprint density at radius 1 is 1.38 bits per heavy atom. The Kier molecular flexibility index (Phi) is 5.18. The number of thiophene rings is 1. The summed E-state index contributed by atoms with van der Waals surface area (Å²) in [6.07, 6.45) is 0.809. The van der Waals surface area contributed by atoms with Crippen LogP contribution >= 0.6 is 11.3 Å². The number of carbonyl (C=O) groups excluding carboxylic acids is 1. The molecule has 1 unspecified atom stereocenters. The molecule has 0 bridgehead atoms. The van der Waals surface area contributed by atoms with Gasteiger partial charge in [-0.25, -0.2) is 4.98 Å². The van der Waals surface area contributed by atoms with Gasteiger partial charge < -0.3 is 20.1 Å². The fourth-order valence-electron chi connectivity index (χ4n) is 3.38. The average molecular weight is 378 g/mol. The van der Waals surface area contributed by atoms with E-state index >= 15 is 0 Å². The zero-order valence-corrected chi connectivity index (χ0v) is 16.8. The van der Waals surface area contributed by atoms with Gasteiger partial charge in [-0.2, -0.15) is 4.98 Å². The number of amides is 1. The largest absolute Gasteiger partial charge is 0.480 e. The second-order valence-corrected chi connectivity index (χ2v) is 8.43. The third-order valence-corrected chi connectivity index (χ3v) is 6.24. The van der Waals surface area contributed by atoms with E-state index < -0.39 is 0 Å². The van der Waals surface area contributed by atoms with Gasteiger partial charge in [-0.1, -0.05) is 13.8 Å². The Hall–Kier alpha value is -1.77. The molecule has 0 spiro atoms. The second-order valence-electron chi connectivity index (χ2n) is 7.43. The highest BCUT2D eigenvalue weighted by Gasteiger charge is 2.36. The Bertz CT molecular complexity index is 833. The Labute approximate surface area is 157 Å². The number of aryl methyl sites for hydroxylation is 1. The third-order valence-electron chi connectivity index (χ3n) is 5.06. The number of methoxy groups -OCH3 is 2. The van der Waals surface area contributed by atoms with Crippen LogP contribution in [-0.4, -0.2) is 54.1 Å². The first kappa shape index (κ1) is 19.0. The molecule has 1 fully saturated rings. The quantitative estimate of drug-likeness (QED) is 0.878. The van der Waals surface area contributed by atoms with Crippen LogP contribution in [0.3, 0.4) is 0 Å². The van der Waals surface area contributed by atoms with Gasteiger partial charge in [0.1, 0.15) is 11.4 Å². The molecule has 7 nitrogen and oxygen atoms in total. The SMILES string of the molecule is COCc1nc(OC)c2c(C)c(C(=O)N3CCC(N)C(C)(C)C3)sc2n1. The van der Waals surface area contributed by atoms with Crippen molar-refractivity contribution in [2.75, 3.05) is 27.3 Å². The summed E-state index contributed by atoms with van der Waals surface area (Å²) in [4.78, 5) is 25.4. The van der Waals surface area contributed by atoms with E-state index in [1.54, 1.807) is 14.2 Å². The molecular weight excluding hydrogens is 352 g/mol. The van der Waals surface area contributed by atoms with Crippen molar-refractivity contribution < 1.29 is 14.3 Å².